The number of halogens is 1. The van der Waals surface area contributed by atoms with Crippen LogP contribution < -0.4 is 15.4 Å². The topological polar surface area (TPSA) is 90.9 Å². The van der Waals surface area contributed by atoms with Crippen LogP contribution in [0, 0.1) is 0 Å². The molecule has 2 aliphatic rings. The molecule has 1 saturated heterocycles. The van der Waals surface area contributed by atoms with Gasteiger partial charge in [-0.05, 0) is 24.5 Å². The van der Waals surface area contributed by atoms with Gasteiger partial charge in [0.2, 0.25) is 5.91 Å². The number of ether oxygens (including phenoxy) is 1. The number of β-amino-alcohol motifs (C(OH)–C–C–N with tert-alkyl or cyclic N) is 1. The molecule has 132 valence electrons. The number of fused-ring (bicyclic) bond motifs is 1. The molecular weight excluding hydrogens is 334 g/mol. The van der Waals surface area contributed by atoms with Crippen LogP contribution in [0.3, 0.4) is 0 Å². The monoisotopic (exact) mass is 355 g/mol. The highest BCUT2D eigenvalue weighted by Crippen LogP contribution is 2.26. The quantitative estimate of drug-likeness (QED) is 0.639. The lowest BCUT2D eigenvalue weighted by Gasteiger charge is -2.27. The van der Waals surface area contributed by atoms with E-state index in [0.717, 1.165) is 18.6 Å². The number of urea groups is 1. The fourth-order valence-corrected chi connectivity index (χ4v) is 2.88. The lowest BCUT2D eigenvalue weighted by Crippen LogP contribution is -2.42. The van der Waals surface area contributed by atoms with Crippen molar-refractivity contribution in [2.45, 2.75) is 25.0 Å². The number of carbonyl (C=O) groups is 2. The van der Waals surface area contributed by atoms with Gasteiger partial charge in [0, 0.05) is 13.1 Å². The minimum atomic E-state index is -0.720. The van der Waals surface area contributed by atoms with Gasteiger partial charge in [0.1, 0.15) is 18.4 Å². The largest absolute Gasteiger partial charge is 0.489 e. The molecule has 1 aromatic rings. The molecule has 0 aromatic heterocycles. The molecule has 3 N–H and O–H groups in total. The van der Waals surface area contributed by atoms with Gasteiger partial charge in [-0.15, -0.1) is 12.4 Å². The summed E-state index contributed by atoms with van der Waals surface area (Å²) in [7, 11) is 0. The predicted octanol–water partition coefficient (Wildman–Crippen LogP) is 0.304. The van der Waals surface area contributed by atoms with Gasteiger partial charge in [-0.2, -0.15) is 0 Å². The third-order valence-corrected chi connectivity index (χ3v) is 4.05. The van der Waals surface area contributed by atoms with E-state index in [4.69, 9.17) is 4.74 Å². The van der Waals surface area contributed by atoms with E-state index in [1.165, 1.54) is 10.5 Å². The van der Waals surface area contributed by atoms with Crippen LogP contribution >= 0.6 is 12.4 Å². The van der Waals surface area contributed by atoms with Crippen molar-refractivity contribution in [3.8, 4) is 5.75 Å². The Morgan fingerprint density at radius 1 is 1.38 bits per heavy atom. The zero-order valence-corrected chi connectivity index (χ0v) is 14.1. The first kappa shape index (κ1) is 18.5. The summed E-state index contributed by atoms with van der Waals surface area (Å²) < 4.78 is 5.91. The number of para-hydroxylation sites is 1. The normalized spacial score (nSPS) is 20.7. The van der Waals surface area contributed by atoms with E-state index in [1.807, 2.05) is 18.2 Å². The SMILES string of the molecule is Cl.O=C1CN(CC(O)CNCC2CCc3ccccc3O2)C(=O)N1. The highest BCUT2D eigenvalue weighted by Gasteiger charge is 2.28. The summed E-state index contributed by atoms with van der Waals surface area (Å²) in [6.45, 7) is 1.13. The number of aliphatic hydroxyl groups is 1. The number of benzene rings is 1. The summed E-state index contributed by atoms with van der Waals surface area (Å²) in [5.74, 6) is 0.600. The number of nitrogens with one attached hydrogen (secondary N) is 2. The first-order chi connectivity index (χ1) is 11.1. The average molecular weight is 356 g/mol. The van der Waals surface area contributed by atoms with E-state index in [9.17, 15) is 14.7 Å². The third kappa shape index (κ3) is 4.59. The number of aryl methyl sites for hydroxylation is 1. The molecule has 2 unspecified atom stereocenters. The standard InChI is InChI=1S/C16H21N3O4.ClH/c20-12(9-19-10-15(21)18-16(19)22)7-17-8-13-6-5-11-3-1-2-4-14(11)23-13;/h1-4,12-13,17,20H,5-10H2,(H,18,21,22);1H. The van der Waals surface area contributed by atoms with Crippen LogP contribution in [0.2, 0.25) is 0 Å². The molecule has 7 nitrogen and oxygen atoms in total. The molecule has 24 heavy (non-hydrogen) atoms. The number of imide groups is 1. The lowest BCUT2D eigenvalue weighted by atomic mass is 10.0. The fraction of sp³-hybridized carbons (Fsp3) is 0.500. The van der Waals surface area contributed by atoms with Crippen LogP contribution in [0.25, 0.3) is 0 Å². The van der Waals surface area contributed by atoms with Gasteiger partial charge >= 0.3 is 6.03 Å². The maximum atomic E-state index is 11.4. The number of hydrogen-bond acceptors (Lipinski definition) is 5. The van der Waals surface area contributed by atoms with E-state index in [2.05, 4.69) is 16.7 Å². The molecule has 2 atom stereocenters. The van der Waals surface area contributed by atoms with Crippen molar-refractivity contribution in [2.75, 3.05) is 26.2 Å². The summed E-state index contributed by atoms with van der Waals surface area (Å²) in [5, 5.41) is 15.3. The Morgan fingerprint density at radius 3 is 2.92 bits per heavy atom. The summed E-state index contributed by atoms with van der Waals surface area (Å²) >= 11 is 0. The van der Waals surface area contributed by atoms with Gasteiger partial charge in [0.25, 0.3) is 0 Å². The van der Waals surface area contributed by atoms with Gasteiger partial charge in [0.15, 0.2) is 0 Å². The molecule has 0 aliphatic carbocycles. The smallest absolute Gasteiger partial charge is 0.324 e. The predicted molar refractivity (Wildman–Crippen MR) is 90.4 cm³/mol. The molecular formula is C16H22ClN3O4. The Kier molecular flexibility index (Phi) is 6.42. The Balaban J connectivity index is 0.00000208. The van der Waals surface area contributed by atoms with Crippen LogP contribution in [0.5, 0.6) is 5.75 Å². The first-order valence-electron chi connectivity index (χ1n) is 7.84. The summed E-state index contributed by atoms with van der Waals surface area (Å²) in [6.07, 6.45) is 1.28. The van der Waals surface area contributed by atoms with Gasteiger partial charge in [-0.25, -0.2) is 4.79 Å². The van der Waals surface area contributed by atoms with E-state index in [1.54, 1.807) is 0 Å². The number of aliphatic hydroxyl groups excluding tert-OH is 1. The van der Waals surface area contributed by atoms with Crippen molar-refractivity contribution in [1.29, 1.82) is 0 Å². The Morgan fingerprint density at radius 2 is 2.17 bits per heavy atom. The molecule has 1 aromatic carbocycles. The molecule has 0 radical (unpaired) electrons. The summed E-state index contributed by atoms with van der Waals surface area (Å²) in [4.78, 5) is 23.8. The number of rotatable bonds is 6. The lowest BCUT2D eigenvalue weighted by molar-refractivity contribution is -0.118. The van der Waals surface area contributed by atoms with Crippen molar-refractivity contribution in [3.05, 3.63) is 29.8 Å². The highest BCUT2D eigenvalue weighted by molar-refractivity contribution is 6.01. The van der Waals surface area contributed by atoms with E-state index in [-0.39, 0.29) is 37.5 Å². The van der Waals surface area contributed by atoms with Gasteiger partial charge in [-0.3, -0.25) is 10.1 Å². The minimum Gasteiger partial charge on any atom is -0.489 e. The van der Waals surface area contributed by atoms with Crippen molar-refractivity contribution < 1.29 is 19.4 Å². The highest BCUT2D eigenvalue weighted by atomic mass is 35.5. The number of hydrogen-bond donors (Lipinski definition) is 3. The van der Waals surface area contributed by atoms with Crippen molar-refractivity contribution in [2.24, 2.45) is 0 Å². The second-order valence-corrected chi connectivity index (χ2v) is 5.93. The number of nitrogens with zero attached hydrogens (tertiary/aromatic N) is 1. The van der Waals surface area contributed by atoms with Crippen LogP contribution in [0.15, 0.2) is 24.3 Å². The minimum absolute atomic E-state index is 0. The zero-order chi connectivity index (χ0) is 16.2. The van der Waals surface area contributed by atoms with E-state index < -0.39 is 12.1 Å². The Bertz CT molecular complexity index is 598. The maximum Gasteiger partial charge on any atom is 0.324 e. The van der Waals surface area contributed by atoms with Crippen LogP contribution in [0.4, 0.5) is 4.79 Å². The molecule has 2 heterocycles. The number of amides is 3. The van der Waals surface area contributed by atoms with Crippen molar-refractivity contribution >= 4 is 24.3 Å². The van der Waals surface area contributed by atoms with Gasteiger partial charge < -0.3 is 20.1 Å². The van der Waals surface area contributed by atoms with E-state index in [0.29, 0.717) is 13.1 Å². The molecule has 2 aliphatic heterocycles. The van der Waals surface area contributed by atoms with Crippen LogP contribution in [-0.2, 0) is 11.2 Å². The first-order valence-corrected chi connectivity index (χ1v) is 7.84. The van der Waals surface area contributed by atoms with Gasteiger partial charge in [-0.1, -0.05) is 18.2 Å². The van der Waals surface area contributed by atoms with Gasteiger partial charge in [0.05, 0.1) is 12.6 Å². The molecule has 0 saturated carbocycles. The zero-order valence-electron chi connectivity index (χ0n) is 13.2. The summed E-state index contributed by atoms with van der Waals surface area (Å²) in [5.41, 5.74) is 1.23. The third-order valence-electron chi connectivity index (χ3n) is 4.05. The molecule has 3 rings (SSSR count). The maximum absolute atomic E-state index is 11.4. The Hall–Kier alpha value is -1.83. The molecule has 3 amide bonds. The average Bonchev–Trinajstić information content (AvgIpc) is 2.84. The fourth-order valence-electron chi connectivity index (χ4n) is 2.88. The van der Waals surface area contributed by atoms with Crippen molar-refractivity contribution in [1.82, 2.24) is 15.5 Å². The molecule has 0 spiro atoms. The van der Waals surface area contributed by atoms with Crippen LogP contribution in [-0.4, -0.2) is 60.3 Å². The second-order valence-electron chi connectivity index (χ2n) is 5.93. The summed E-state index contributed by atoms with van der Waals surface area (Å²) in [6, 6.07) is 7.57. The van der Waals surface area contributed by atoms with E-state index >= 15 is 0 Å². The Labute approximate surface area is 146 Å². The molecule has 1 fully saturated rings. The molecule has 0 bridgehead atoms. The molecule has 8 heteroatoms. The van der Waals surface area contributed by atoms with Crippen molar-refractivity contribution in [3.63, 3.8) is 0 Å². The van der Waals surface area contributed by atoms with Crippen LogP contribution in [0.1, 0.15) is 12.0 Å². The second kappa shape index (κ2) is 8.32. The number of carbonyl (C=O) groups excluding carboxylic acids is 2.